The molecule has 4 nitrogen and oxygen atoms in total. The van der Waals surface area contributed by atoms with Gasteiger partial charge in [0.05, 0.1) is 16.6 Å². The maximum absolute atomic E-state index is 12.9. The Morgan fingerprint density at radius 2 is 2.04 bits per heavy atom. The number of hydrogen-bond donors (Lipinski definition) is 1. The quantitative estimate of drug-likeness (QED) is 0.894. The molecule has 2 aromatic rings. The summed E-state index contributed by atoms with van der Waals surface area (Å²) in [6.45, 7) is 4.12. The Morgan fingerprint density at radius 1 is 1.32 bits per heavy atom. The van der Waals surface area contributed by atoms with Crippen LogP contribution in [0.2, 0.25) is 0 Å². The number of hydrogen-bond acceptors (Lipinski definition) is 4. The standard InChI is InChI=1S/C20H27N3OS/c1-13-18(25-19(22-13)15-8-5-4-6-9-15)14(2)23(3)20(24)16-10-7-11-17(21)12-16/h4-6,8-9,14,16-17H,7,10-12,21H2,1-3H3. The van der Waals surface area contributed by atoms with Gasteiger partial charge in [-0.1, -0.05) is 36.8 Å². The number of rotatable bonds is 4. The monoisotopic (exact) mass is 357 g/mol. The molecule has 0 spiro atoms. The van der Waals surface area contributed by atoms with Gasteiger partial charge in [-0.25, -0.2) is 4.98 Å². The van der Waals surface area contributed by atoms with Gasteiger partial charge in [0.15, 0.2) is 0 Å². The first-order chi connectivity index (χ1) is 12.0. The number of aromatic nitrogens is 1. The smallest absolute Gasteiger partial charge is 0.226 e. The van der Waals surface area contributed by atoms with E-state index in [0.717, 1.165) is 46.8 Å². The van der Waals surface area contributed by atoms with E-state index in [2.05, 4.69) is 19.1 Å². The van der Waals surface area contributed by atoms with Crippen molar-refractivity contribution in [3.8, 4) is 10.6 Å². The molecule has 3 atom stereocenters. The summed E-state index contributed by atoms with van der Waals surface area (Å²) in [5.41, 5.74) is 8.20. The highest BCUT2D eigenvalue weighted by molar-refractivity contribution is 7.15. The summed E-state index contributed by atoms with van der Waals surface area (Å²) in [4.78, 5) is 20.7. The third kappa shape index (κ3) is 3.93. The molecule has 0 radical (unpaired) electrons. The number of aryl methyl sites for hydroxylation is 1. The van der Waals surface area contributed by atoms with Crippen molar-refractivity contribution < 1.29 is 4.79 Å². The van der Waals surface area contributed by atoms with Crippen molar-refractivity contribution >= 4 is 17.2 Å². The molecule has 3 rings (SSSR count). The first kappa shape index (κ1) is 18.1. The van der Waals surface area contributed by atoms with Gasteiger partial charge in [0.25, 0.3) is 0 Å². The molecule has 5 heteroatoms. The molecule has 1 saturated carbocycles. The summed E-state index contributed by atoms with van der Waals surface area (Å²) in [5, 5.41) is 1.01. The van der Waals surface area contributed by atoms with E-state index >= 15 is 0 Å². The zero-order valence-corrected chi connectivity index (χ0v) is 16.1. The highest BCUT2D eigenvalue weighted by Crippen LogP contribution is 2.35. The van der Waals surface area contributed by atoms with Crippen LogP contribution in [0.15, 0.2) is 30.3 Å². The molecule has 1 heterocycles. The van der Waals surface area contributed by atoms with E-state index in [-0.39, 0.29) is 23.9 Å². The average Bonchev–Trinajstić information content (AvgIpc) is 3.02. The maximum Gasteiger partial charge on any atom is 0.226 e. The lowest BCUT2D eigenvalue weighted by Gasteiger charge is -2.32. The number of nitrogens with zero attached hydrogens (tertiary/aromatic N) is 2. The topological polar surface area (TPSA) is 59.2 Å². The van der Waals surface area contributed by atoms with Crippen LogP contribution in [-0.4, -0.2) is 28.9 Å². The normalized spacial score (nSPS) is 21.8. The molecule has 1 aromatic carbocycles. The third-order valence-corrected chi connectivity index (χ3v) is 6.60. The fourth-order valence-electron chi connectivity index (χ4n) is 3.61. The van der Waals surface area contributed by atoms with Crippen LogP contribution in [0.1, 0.15) is 49.2 Å². The van der Waals surface area contributed by atoms with Crippen molar-refractivity contribution in [3.63, 3.8) is 0 Å². The SMILES string of the molecule is Cc1nc(-c2ccccc2)sc1C(C)N(C)C(=O)C1CCCC(N)C1. The number of carbonyl (C=O) groups is 1. The van der Waals surface area contributed by atoms with Gasteiger partial charge in [-0.3, -0.25) is 4.79 Å². The Balaban J connectivity index is 1.77. The molecule has 134 valence electrons. The van der Waals surface area contributed by atoms with Gasteiger partial charge in [-0.15, -0.1) is 11.3 Å². The summed E-state index contributed by atoms with van der Waals surface area (Å²) < 4.78 is 0. The number of nitrogens with two attached hydrogens (primary N) is 1. The first-order valence-corrected chi connectivity index (χ1v) is 9.84. The van der Waals surface area contributed by atoms with Crippen molar-refractivity contribution in [2.75, 3.05) is 7.05 Å². The van der Waals surface area contributed by atoms with E-state index in [4.69, 9.17) is 10.7 Å². The summed E-state index contributed by atoms with van der Waals surface area (Å²) >= 11 is 1.68. The number of amides is 1. The summed E-state index contributed by atoms with van der Waals surface area (Å²) in [7, 11) is 1.91. The van der Waals surface area contributed by atoms with Crippen molar-refractivity contribution in [2.45, 2.75) is 51.6 Å². The molecule has 0 aliphatic heterocycles. The molecule has 2 N–H and O–H groups in total. The molecule has 3 unspecified atom stereocenters. The van der Waals surface area contributed by atoms with Crippen LogP contribution < -0.4 is 5.73 Å². The van der Waals surface area contributed by atoms with E-state index in [0.29, 0.717) is 0 Å². The molecule has 0 bridgehead atoms. The van der Waals surface area contributed by atoms with Crippen LogP contribution >= 0.6 is 11.3 Å². The van der Waals surface area contributed by atoms with Gasteiger partial charge < -0.3 is 10.6 Å². The van der Waals surface area contributed by atoms with Crippen LogP contribution in [0, 0.1) is 12.8 Å². The second kappa shape index (κ2) is 7.67. The van der Waals surface area contributed by atoms with Crippen molar-refractivity contribution in [2.24, 2.45) is 11.7 Å². The van der Waals surface area contributed by atoms with Gasteiger partial charge in [0.1, 0.15) is 5.01 Å². The van der Waals surface area contributed by atoms with Crippen molar-refractivity contribution in [3.05, 3.63) is 40.9 Å². The zero-order chi connectivity index (χ0) is 18.0. The second-order valence-electron chi connectivity index (χ2n) is 7.08. The summed E-state index contributed by atoms with van der Waals surface area (Å²) in [5.74, 6) is 0.287. The lowest BCUT2D eigenvalue weighted by molar-refractivity contribution is -0.137. The number of benzene rings is 1. The van der Waals surface area contributed by atoms with Gasteiger partial charge in [-0.2, -0.15) is 0 Å². The minimum atomic E-state index is 0.0283. The summed E-state index contributed by atoms with van der Waals surface area (Å²) in [6, 6.07) is 10.4. The number of carbonyl (C=O) groups excluding carboxylic acids is 1. The Hall–Kier alpha value is -1.72. The molecule has 25 heavy (non-hydrogen) atoms. The number of thiazole rings is 1. The Labute approximate surface area is 154 Å². The molecule has 1 fully saturated rings. The lowest BCUT2D eigenvalue weighted by atomic mass is 9.85. The van der Waals surface area contributed by atoms with Crippen molar-refractivity contribution in [1.82, 2.24) is 9.88 Å². The van der Waals surface area contributed by atoms with E-state index in [1.165, 1.54) is 0 Å². The first-order valence-electron chi connectivity index (χ1n) is 9.02. The lowest BCUT2D eigenvalue weighted by Crippen LogP contribution is -2.39. The fraction of sp³-hybridized carbons (Fsp3) is 0.500. The molecular formula is C20H27N3OS. The highest BCUT2D eigenvalue weighted by atomic mass is 32.1. The van der Waals surface area contributed by atoms with E-state index in [1.807, 2.05) is 37.1 Å². The molecular weight excluding hydrogens is 330 g/mol. The van der Waals surface area contributed by atoms with Crippen molar-refractivity contribution in [1.29, 1.82) is 0 Å². The van der Waals surface area contributed by atoms with Gasteiger partial charge in [0.2, 0.25) is 5.91 Å². The van der Waals surface area contributed by atoms with Crippen LogP contribution in [0.25, 0.3) is 10.6 Å². The Kier molecular flexibility index (Phi) is 5.54. The molecule has 1 amide bonds. The molecule has 1 aliphatic rings. The second-order valence-corrected chi connectivity index (χ2v) is 8.11. The third-order valence-electron chi connectivity index (χ3n) is 5.23. The largest absolute Gasteiger partial charge is 0.338 e. The minimum Gasteiger partial charge on any atom is -0.338 e. The molecule has 0 saturated heterocycles. The van der Waals surface area contributed by atoms with E-state index in [9.17, 15) is 4.79 Å². The Bertz CT molecular complexity index is 728. The van der Waals surface area contributed by atoms with Crippen LogP contribution in [-0.2, 0) is 4.79 Å². The Morgan fingerprint density at radius 3 is 2.72 bits per heavy atom. The van der Waals surface area contributed by atoms with Crippen LogP contribution in [0.5, 0.6) is 0 Å². The predicted octanol–water partition coefficient (Wildman–Crippen LogP) is 4.16. The van der Waals surface area contributed by atoms with Crippen LogP contribution in [0.3, 0.4) is 0 Å². The van der Waals surface area contributed by atoms with E-state index in [1.54, 1.807) is 11.3 Å². The molecule has 1 aromatic heterocycles. The minimum absolute atomic E-state index is 0.0283. The van der Waals surface area contributed by atoms with Gasteiger partial charge in [0, 0.05) is 24.6 Å². The predicted molar refractivity (Wildman–Crippen MR) is 103 cm³/mol. The van der Waals surface area contributed by atoms with Gasteiger partial charge >= 0.3 is 0 Å². The van der Waals surface area contributed by atoms with Gasteiger partial charge in [-0.05, 0) is 33.1 Å². The average molecular weight is 358 g/mol. The fourth-order valence-corrected chi connectivity index (χ4v) is 4.77. The van der Waals surface area contributed by atoms with E-state index < -0.39 is 0 Å². The zero-order valence-electron chi connectivity index (χ0n) is 15.2. The molecule has 1 aliphatic carbocycles. The maximum atomic E-state index is 12.9. The highest BCUT2D eigenvalue weighted by Gasteiger charge is 2.30. The summed E-state index contributed by atoms with van der Waals surface area (Å²) in [6.07, 6.45) is 3.86. The van der Waals surface area contributed by atoms with Crippen LogP contribution in [0.4, 0.5) is 0 Å².